The first kappa shape index (κ1) is 15.8. The van der Waals surface area contributed by atoms with Crippen LogP contribution in [0, 0.1) is 5.41 Å². The molecule has 0 saturated heterocycles. The van der Waals surface area contributed by atoms with Crippen LogP contribution in [0.5, 0.6) is 0 Å². The van der Waals surface area contributed by atoms with Crippen molar-refractivity contribution in [2.75, 3.05) is 11.9 Å². The predicted octanol–water partition coefficient (Wildman–Crippen LogP) is 3.09. The van der Waals surface area contributed by atoms with E-state index in [-0.39, 0.29) is 18.4 Å². The fourth-order valence-corrected chi connectivity index (χ4v) is 1.67. The lowest BCUT2D eigenvalue weighted by Crippen LogP contribution is -2.39. The number of hydrogen-bond acceptors (Lipinski definition) is 2. The van der Waals surface area contributed by atoms with Crippen molar-refractivity contribution in [2.24, 2.45) is 5.41 Å². The Hall–Kier alpha value is -1.26. The largest absolute Gasteiger partial charge is 0.347 e. The summed E-state index contributed by atoms with van der Waals surface area (Å²) in [6, 6.07) is 4.76. The van der Waals surface area contributed by atoms with Crippen molar-refractivity contribution in [2.45, 2.75) is 20.8 Å². The van der Waals surface area contributed by atoms with Gasteiger partial charge in [-0.2, -0.15) is 0 Å². The summed E-state index contributed by atoms with van der Waals surface area (Å²) in [5.41, 5.74) is -0.0702. The summed E-state index contributed by atoms with van der Waals surface area (Å²) in [4.78, 5) is 23.3. The number of hydrogen-bond donors (Lipinski definition) is 2. The number of anilines is 1. The quantitative estimate of drug-likeness (QED) is 0.901. The molecule has 6 heteroatoms. The molecule has 0 aliphatic carbocycles. The summed E-state index contributed by atoms with van der Waals surface area (Å²) < 4.78 is 0. The van der Waals surface area contributed by atoms with Crippen molar-refractivity contribution in [3.8, 4) is 0 Å². The van der Waals surface area contributed by atoms with Gasteiger partial charge in [0.2, 0.25) is 11.8 Å². The van der Waals surface area contributed by atoms with E-state index in [0.717, 1.165) is 0 Å². The van der Waals surface area contributed by atoms with Crippen molar-refractivity contribution in [3.63, 3.8) is 0 Å². The summed E-state index contributed by atoms with van der Waals surface area (Å²) >= 11 is 11.7. The van der Waals surface area contributed by atoms with Gasteiger partial charge in [0.15, 0.2) is 0 Å². The van der Waals surface area contributed by atoms with Crippen LogP contribution < -0.4 is 10.6 Å². The summed E-state index contributed by atoms with van der Waals surface area (Å²) in [6.45, 7) is 5.22. The molecule has 2 amide bonds. The molecule has 0 radical (unpaired) electrons. The summed E-state index contributed by atoms with van der Waals surface area (Å²) in [5, 5.41) is 5.99. The molecule has 1 aromatic rings. The Morgan fingerprint density at radius 1 is 1.21 bits per heavy atom. The average Bonchev–Trinajstić information content (AvgIpc) is 2.28. The second-order valence-electron chi connectivity index (χ2n) is 5.11. The van der Waals surface area contributed by atoms with E-state index in [2.05, 4.69) is 10.6 Å². The minimum atomic E-state index is -0.530. The van der Waals surface area contributed by atoms with Crippen LogP contribution in [-0.4, -0.2) is 18.4 Å². The molecule has 104 valence electrons. The van der Waals surface area contributed by atoms with Gasteiger partial charge in [0.1, 0.15) is 0 Å². The number of amides is 2. The molecule has 1 rings (SSSR count). The Balaban J connectivity index is 2.54. The summed E-state index contributed by atoms with van der Waals surface area (Å²) in [7, 11) is 0. The van der Waals surface area contributed by atoms with Gasteiger partial charge in [0.25, 0.3) is 0 Å². The number of carbonyl (C=O) groups is 2. The Bertz CT molecular complexity index is 496. The molecule has 19 heavy (non-hydrogen) atoms. The minimum absolute atomic E-state index is 0.102. The van der Waals surface area contributed by atoms with E-state index < -0.39 is 5.41 Å². The van der Waals surface area contributed by atoms with Crippen molar-refractivity contribution in [1.82, 2.24) is 5.32 Å². The molecule has 0 fully saturated rings. The maximum Gasteiger partial charge on any atom is 0.243 e. The first-order chi connectivity index (χ1) is 8.70. The smallest absolute Gasteiger partial charge is 0.243 e. The van der Waals surface area contributed by atoms with Gasteiger partial charge in [0, 0.05) is 10.4 Å². The number of carbonyl (C=O) groups excluding carboxylic acids is 2. The standard InChI is InChI=1S/C13H16Cl2N2O2/c1-13(2,3)12(19)16-7-11(18)17-10-5-4-8(14)6-9(10)15/h4-6H,7H2,1-3H3,(H,16,19)(H,17,18). The van der Waals surface area contributed by atoms with Gasteiger partial charge in [0.05, 0.1) is 17.3 Å². The lowest BCUT2D eigenvalue weighted by atomic mass is 9.96. The number of nitrogens with one attached hydrogen (secondary N) is 2. The summed E-state index contributed by atoms with van der Waals surface area (Å²) in [5.74, 6) is -0.535. The van der Waals surface area contributed by atoms with Crippen LogP contribution in [0.25, 0.3) is 0 Å². The van der Waals surface area contributed by atoms with Crippen LogP contribution in [-0.2, 0) is 9.59 Å². The molecule has 0 aromatic heterocycles. The molecular formula is C13H16Cl2N2O2. The third kappa shape index (κ3) is 5.09. The van der Waals surface area contributed by atoms with E-state index in [0.29, 0.717) is 15.7 Å². The van der Waals surface area contributed by atoms with Gasteiger partial charge >= 0.3 is 0 Å². The fourth-order valence-electron chi connectivity index (χ4n) is 1.21. The second-order valence-corrected chi connectivity index (χ2v) is 5.95. The maximum atomic E-state index is 11.7. The van der Waals surface area contributed by atoms with E-state index >= 15 is 0 Å². The Morgan fingerprint density at radius 2 is 1.84 bits per heavy atom. The molecule has 0 aliphatic heterocycles. The van der Waals surface area contributed by atoms with Crippen molar-refractivity contribution >= 4 is 40.7 Å². The Kier molecular flexibility index (Phi) is 5.20. The topological polar surface area (TPSA) is 58.2 Å². The third-order valence-corrected chi connectivity index (χ3v) is 2.84. The van der Waals surface area contributed by atoms with Crippen LogP contribution in [0.15, 0.2) is 18.2 Å². The van der Waals surface area contributed by atoms with Gasteiger partial charge in [-0.1, -0.05) is 44.0 Å². The van der Waals surface area contributed by atoms with Gasteiger partial charge < -0.3 is 10.6 Å². The van der Waals surface area contributed by atoms with E-state index in [4.69, 9.17) is 23.2 Å². The molecule has 0 bridgehead atoms. The van der Waals surface area contributed by atoms with Gasteiger partial charge in [-0.15, -0.1) is 0 Å². The Morgan fingerprint density at radius 3 is 2.37 bits per heavy atom. The number of halogens is 2. The monoisotopic (exact) mass is 302 g/mol. The van der Waals surface area contributed by atoms with Gasteiger partial charge in [-0.05, 0) is 18.2 Å². The zero-order valence-electron chi connectivity index (χ0n) is 11.0. The zero-order chi connectivity index (χ0) is 14.6. The molecule has 0 spiro atoms. The molecule has 0 unspecified atom stereocenters. The molecule has 0 aliphatic rings. The fraction of sp³-hybridized carbons (Fsp3) is 0.385. The molecule has 0 heterocycles. The van der Waals surface area contributed by atoms with E-state index in [1.165, 1.54) is 6.07 Å². The zero-order valence-corrected chi connectivity index (χ0v) is 12.5. The average molecular weight is 303 g/mol. The maximum absolute atomic E-state index is 11.7. The second kappa shape index (κ2) is 6.26. The number of benzene rings is 1. The molecule has 2 N–H and O–H groups in total. The van der Waals surface area contributed by atoms with Crippen molar-refractivity contribution in [1.29, 1.82) is 0 Å². The molecule has 0 atom stereocenters. The van der Waals surface area contributed by atoms with E-state index in [9.17, 15) is 9.59 Å². The highest BCUT2D eigenvalue weighted by atomic mass is 35.5. The highest BCUT2D eigenvalue weighted by Crippen LogP contribution is 2.25. The van der Waals surface area contributed by atoms with Crippen LogP contribution in [0.1, 0.15) is 20.8 Å². The lowest BCUT2D eigenvalue weighted by Gasteiger charge is -2.17. The van der Waals surface area contributed by atoms with Crippen molar-refractivity contribution < 1.29 is 9.59 Å². The molecule has 0 saturated carbocycles. The minimum Gasteiger partial charge on any atom is -0.347 e. The predicted molar refractivity (Wildman–Crippen MR) is 77.6 cm³/mol. The first-order valence-corrected chi connectivity index (χ1v) is 6.49. The van der Waals surface area contributed by atoms with Crippen LogP contribution in [0.3, 0.4) is 0 Å². The summed E-state index contributed by atoms with van der Waals surface area (Å²) in [6.07, 6.45) is 0. The normalized spacial score (nSPS) is 11.0. The number of rotatable bonds is 3. The van der Waals surface area contributed by atoms with E-state index in [1.54, 1.807) is 32.9 Å². The van der Waals surface area contributed by atoms with Gasteiger partial charge in [-0.25, -0.2) is 0 Å². The van der Waals surface area contributed by atoms with Crippen LogP contribution in [0.4, 0.5) is 5.69 Å². The lowest BCUT2D eigenvalue weighted by molar-refractivity contribution is -0.130. The molecular weight excluding hydrogens is 287 g/mol. The highest BCUT2D eigenvalue weighted by molar-refractivity contribution is 6.36. The van der Waals surface area contributed by atoms with Gasteiger partial charge in [-0.3, -0.25) is 9.59 Å². The van der Waals surface area contributed by atoms with Crippen LogP contribution >= 0.6 is 23.2 Å². The highest BCUT2D eigenvalue weighted by Gasteiger charge is 2.21. The molecule has 4 nitrogen and oxygen atoms in total. The van der Waals surface area contributed by atoms with Crippen molar-refractivity contribution in [3.05, 3.63) is 28.2 Å². The SMILES string of the molecule is CC(C)(C)C(=O)NCC(=O)Nc1ccc(Cl)cc1Cl. The van der Waals surface area contributed by atoms with E-state index in [1.807, 2.05) is 0 Å². The first-order valence-electron chi connectivity index (χ1n) is 5.73. The Labute approximate surface area is 122 Å². The molecule has 1 aromatic carbocycles. The third-order valence-electron chi connectivity index (χ3n) is 2.30. The van der Waals surface area contributed by atoms with Crippen LogP contribution in [0.2, 0.25) is 10.0 Å².